The quantitative estimate of drug-likeness (QED) is 0.708. The van der Waals surface area contributed by atoms with Gasteiger partial charge in [-0.25, -0.2) is 0 Å². The first-order valence-corrected chi connectivity index (χ1v) is 5.28. The van der Waals surface area contributed by atoms with Gasteiger partial charge in [0.05, 0.1) is 12.0 Å². The summed E-state index contributed by atoms with van der Waals surface area (Å²) in [6, 6.07) is 0. The standard InChI is InChI=1S/C10H20N2O2.ClH/c1-3-14-9-4-8(9)10(13)12-6-7(2)5-11;/h7-9H,3-6,11H2,1-2H3,(H,12,13);1H. The fourth-order valence-corrected chi connectivity index (χ4v) is 1.34. The Morgan fingerprint density at radius 3 is 2.87 bits per heavy atom. The lowest BCUT2D eigenvalue weighted by Gasteiger charge is -2.09. The number of nitrogens with two attached hydrogens (primary N) is 1. The van der Waals surface area contributed by atoms with Gasteiger partial charge in [-0.15, -0.1) is 12.4 Å². The van der Waals surface area contributed by atoms with Crippen molar-refractivity contribution in [2.75, 3.05) is 19.7 Å². The van der Waals surface area contributed by atoms with Crippen molar-refractivity contribution >= 4 is 18.3 Å². The third-order valence-electron chi connectivity index (χ3n) is 2.48. The van der Waals surface area contributed by atoms with Gasteiger partial charge in [0.15, 0.2) is 0 Å². The van der Waals surface area contributed by atoms with Crippen molar-refractivity contribution in [2.45, 2.75) is 26.4 Å². The van der Waals surface area contributed by atoms with Crippen molar-refractivity contribution in [2.24, 2.45) is 17.6 Å². The van der Waals surface area contributed by atoms with Crippen LogP contribution in [0.25, 0.3) is 0 Å². The van der Waals surface area contributed by atoms with Gasteiger partial charge in [-0.3, -0.25) is 4.79 Å². The third-order valence-corrected chi connectivity index (χ3v) is 2.48. The molecule has 1 aliphatic carbocycles. The van der Waals surface area contributed by atoms with E-state index in [0.717, 1.165) is 6.42 Å². The molecule has 1 rings (SSSR count). The molecule has 4 nitrogen and oxygen atoms in total. The molecule has 0 radical (unpaired) electrons. The lowest BCUT2D eigenvalue weighted by atomic mass is 10.2. The summed E-state index contributed by atoms with van der Waals surface area (Å²) in [6.45, 7) is 5.94. The molecule has 3 atom stereocenters. The number of carbonyl (C=O) groups excluding carboxylic acids is 1. The largest absolute Gasteiger partial charge is 0.378 e. The summed E-state index contributed by atoms with van der Waals surface area (Å²) in [4.78, 5) is 11.5. The lowest BCUT2D eigenvalue weighted by molar-refractivity contribution is -0.123. The Kier molecular flexibility index (Phi) is 6.89. The Balaban J connectivity index is 0.00000196. The molecule has 5 heteroatoms. The van der Waals surface area contributed by atoms with E-state index in [0.29, 0.717) is 25.6 Å². The summed E-state index contributed by atoms with van der Waals surface area (Å²) in [6.07, 6.45) is 1.03. The van der Waals surface area contributed by atoms with Crippen molar-refractivity contribution < 1.29 is 9.53 Å². The van der Waals surface area contributed by atoms with Crippen LogP contribution >= 0.6 is 12.4 Å². The number of hydrogen-bond acceptors (Lipinski definition) is 3. The second kappa shape index (κ2) is 7.04. The number of nitrogens with one attached hydrogen (secondary N) is 1. The van der Waals surface area contributed by atoms with Gasteiger partial charge in [0, 0.05) is 13.2 Å². The molecule has 0 bridgehead atoms. The van der Waals surface area contributed by atoms with Crippen LogP contribution in [0, 0.1) is 11.8 Å². The molecule has 0 aromatic carbocycles. The highest BCUT2D eigenvalue weighted by Gasteiger charge is 2.43. The van der Waals surface area contributed by atoms with Gasteiger partial charge in [-0.1, -0.05) is 6.92 Å². The highest BCUT2D eigenvalue weighted by Crippen LogP contribution is 2.33. The Labute approximate surface area is 97.3 Å². The topological polar surface area (TPSA) is 64.3 Å². The predicted octanol–water partition coefficient (Wildman–Crippen LogP) is 0.544. The molecule has 1 aliphatic rings. The van der Waals surface area contributed by atoms with Crippen molar-refractivity contribution in [1.29, 1.82) is 0 Å². The zero-order chi connectivity index (χ0) is 10.6. The van der Waals surface area contributed by atoms with E-state index in [1.165, 1.54) is 0 Å². The zero-order valence-electron chi connectivity index (χ0n) is 9.36. The fourth-order valence-electron chi connectivity index (χ4n) is 1.34. The maximum absolute atomic E-state index is 11.5. The van der Waals surface area contributed by atoms with Crippen LogP contribution in [0.15, 0.2) is 0 Å². The molecule has 0 heterocycles. The Morgan fingerprint density at radius 1 is 1.67 bits per heavy atom. The number of ether oxygens (including phenoxy) is 1. The van der Waals surface area contributed by atoms with Gasteiger partial charge >= 0.3 is 0 Å². The van der Waals surface area contributed by atoms with Gasteiger partial charge in [0.2, 0.25) is 5.91 Å². The molecule has 0 aliphatic heterocycles. The minimum absolute atomic E-state index is 0. The van der Waals surface area contributed by atoms with Gasteiger partial charge in [-0.05, 0) is 25.8 Å². The highest BCUT2D eigenvalue weighted by atomic mass is 35.5. The van der Waals surface area contributed by atoms with E-state index >= 15 is 0 Å². The van der Waals surface area contributed by atoms with E-state index in [2.05, 4.69) is 5.32 Å². The number of carbonyl (C=O) groups is 1. The van der Waals surface area contributed by atoms with Crippen LogP contribution in [0.1, 0.15) is 20.3 Å². The average Bonchev–Trinajstić information content (AvgIpc) is 2.93. The molecule has 0 saturated heterocycles. The SMILES string of the molecule is CCOC1CC1C(=O)NCC(C)CN.Cl. The van der Waals surface area contributed by atoms with Crippen LogP contribution in [-0.4, -0.2) is 31.7 Å². The summed E-state index contributed by atoms with van der Waals surface area (Å²) < 4.78 is 5.33. The van der Waals surface area contributed by atoms with Gasteiger partial charge in [-0.2, -0.15) is 0 Å². The van der Waals surface area contributed by atoms with Crippen LogP contribution in [0.4, 0.5) is 0 Å². The zero-order valence-corrected chi connectivity index (χ0v) is 10.2. The summed E-state index contributed by atoms with van der Waals surface area (Å²) in [5, 5.41) is 2.88. The maximum atomic E-state index is 11.5. The third kappa shape index (κ3) is 4.82. The molecule has 3 N–H and O–H groups in total. The van der Waals surface area contributed by atoms with Crippen LogP contribution < -0.4 is 11.1 Å². The monoisotopic (exact) mass is 236 g/mol. The first kappa shape index (κ1) is 14.7. The van der Waals surface area contributed by atoms with E-state index in [4.69, 9.17) is 10.5 Å². The van der Waals surface area contributed by atoms with Crippen LogP contribution in [0.3, 0.4) is 0 Å². The Morgan fingerprint density at radius 2 is 2.33 bits per heavy atom. The highest BCUT2D eigenvalue weighted by molar-refractivity contribution is 5.85. The first-order chi connectivity index (χ1) is 6.69. The van der Waals surface area contributed by atoms with Crippen molar-refractivity contribution in [3.05, 3.63) is 0 Å². The summed E-state index contributed by atoms with van der Waals surface area (Å²) in [5.41, 5.74) is 5.45. The number of hydrogen-bond donors (Lipinski definition) is 2. The predicted molar refractivity (Wildman–Crippen MR) is 62.0 cm³/mol. The van der Waals surface area contributed by atoms with E-state index in [1.807, 2.05) is 13.8 Å². The van der Waals surface area contributed by atoms with E-state index in [-0.39, 0.29) is 30.3 Å². The maximum Gasteiger partial charge on any atom is 0.225 e. The molecule has 1 fully saturated rings. The van der Waals surface area contributed by atoms with Crippen LogP contribution in [0.2, 0.25) is 0 Å². The first-order valence-electron chi connectivity index (χ1n) is 5.28. The molecule has 15 heavy (non-hydrogen) atoms. The van der Waals surface area contributed by atoms with Crippen molar-refractivity contribution in [3.8, 4) is 0 Å². The molecule has 0 aromatic heterocycles. The van der Waals surface area contributed by atoms with E-state index in [1.54, 1.807) is 0 Å². The minimum Gasteiger partial charge on any atom is -0.378 e. The van der Waals surface area contributed by atoms with Crippen molar-refractivity contribution in [1.82, 2.24) is 5.32 Å². The number of halogens is 1. The fraction of sp³-hybridized carbons (Fsp3) is 0.900. The summed E-state index contributed by atoms with van der Waals surface area (Å²) >= 11 is 0. The van der Waals surface area contributed by atoms with Gasteiger partial charge < -0.3 is 15.8 Å². The van der Waals surface area contributed by atoms with E-state index < -0.39 is 0 Å². The van der Waals surface area contributed by atoms with E-state index in [9.17, 15) is 4.79 Å². The van der Waals surface area contributed by atoms with Crippen LogP contribution in [-0.2, 0) is 9.53 Å². The minimum atomic E-state index is 0. The lowest BCUT2D eigenvalue weighted by Crippen LogP contribution is -2.33. The molecule has 90 valence electrons. The molecule has 0 aromatic rings. The Hall–Kier alpha value is -0.320. The average molecular weight is 237 g/mol. The van der Waals surface area contributed by atoms with Gasteiger partial charge in [0.25, 0.3) is 0 Å². The normalized spacial score (nSPS) is 25.3. The molecule has 1 amide bonds. The number of amides is 1. The second-order valence-corrected chi connectivity index (χ2v) is 3.92. The second-order valence-electron chi connectivity index (χ2n) is 3.92. The number of rotatable bonds is 6. The molecule has 3 unspecified atom stereocenters. The summed E-state index contributed by atoms with van der Waals surface area (Å²) in [7, 11) is 0. The van der Waals surface area contributed by atoms with Crippen molar-refractivity contribution in [3.63, 3.8) is 0 Å². The Bertz CT molecular complexity index is 202. The molecule has 1 saturated carbocycles. The molecule has 0 spiro atoms. The summed E-state index contributed by atoms with van der Waals surface area (Å²) in [5.74, 6) is 0.548. The molecular weight excluding hydrogens is 216 g/mol. The van der Waals surface area contributed by atoms with Crippen LogP contribution in [0.5, 0.6) is 0 Å². The smallest absolute Gasteiger partial charge is 0.225 e. The van der Waals surface area contributed by atoms with Gasteiger partial charge in [0.1, 0.15) is 0 Å². The molecular formula is C10H21ClN2O2.